The first-order valence-corrected chi connectivity index (χ1v) is 9.91. The zero-order valence-electron chi connectivity index (χ0n) is 16.1. The molecule has 7 heteroatoms. The van der Waals surface area contributed by atoms with Crippen molar-refractivity contribution in [3.05, 3.63) is 54.6 Å². The molecule has 148 valence electrons. The van der Waals surface area contributed by atoms with E-state index in [9.17, 15) is 4.79 Å². The Balaban J connectivity index is 1.43. The summed E-state index contributed by atoms with van der Waals surface area (Å²) >= 11 is 5.21. The van der Waals surface area contributed by atoms with Gasteiger partial charge in [-0.25, -0.2) is 0 Å². The van der Waals surface area contributed by atoms with E-state index in [1.807, 2.05) is 30.3 Å². The minimum Gasteiger partial charge on any atom is -0.484 e. The number of benzene rings is 2. The Labute approximate surface area is 171 Å². The number of nitrogens with one attached hydrogen (secondary N) is 2. The first-order chi connectivity index (χ1) is 13.6. The third kappa shape index (κ3) is 5.94. The number of piperazine rings is 1. The number of carbonyl (C=O) groups is 1. The van der Waals surface area contributed by atoms with Crippen LogP contribution < -0.4 is 20.3 Å². The number of amides is 1. The van der Waals surface area contributed by atoms with Crippen LogP contribution in [-0.2, 0) is 4.79 Å². The molecule has 3 rings (SSSR count). The highest BCUT2D eigenvalue weighted by Gasteiger charge is 2.15. The number of anilines is 2. The maximum atomic E-state index is 12.0. The standard InChI is InChI=1S/C21H26N4O2S/c1-2-24-12-14-25(15-13-24)18-10-8-17(9-11-18)22-21(28)23-20(26)16-27-19-6-4-3-5-7-19/h3-11H,2,12-16H2,1H3,(H2,22,23,26,28). The molecule has 0 aromatic heterocycles. The molecule has 2 aromatic rings. The molecule has 0 radical (unpaired) electrons. The Morgan fingerprint density at radius 3 is 2.36 bits per heavy atom. The lowest BCUT2D eigenvalue weighted by atomic mass is 10.2. The summed E-state index contributed by atoms with van der Waals surface area (Å²) in [6, 6.07) is 17.3. The summed E-state index contributed by atoms with van der Waals surface area (Å²) in [5.41, 5.74) is 2.04. The monoisotopic (exact) mass is 398 g/mol. The van der Waals surface area contributed by atoms with Gasteiger partial charge in [-0.2, -0.15) is 0 Å². The van der Waals surface area contributed by atoms with E-state index in [0.717, 1.165) is 38.4 Å². The van der Waals surface area contributed by atoms with Gasteiger partial charge in [0.05, 0.1) is 0 Å². The van der Waals surface area contributed by atoms with Crippen LogP contribution in [0.15, 0.2) is 54.6 Å². The predicted octanol–water partition coefficient (Wildman–Crippen LogP) is 2.72. The smallest absolute Gasteiger partial charge is 0.264 e. The molecule has 1 aliphatic rings. The van der Waals surface area contributed by atoms with Crippen molar-refractivity contribution in [1.29, 1.82) is 0 Å². The molecule has 28 heavy (non-hydrogen) atoms. The van der Waals surface area contributed by atoms with Crippen molar-refractivity contribution >= 4 is 34.6 Å². The van der Waals surface area contributed by atoms with Gasteiger partial charge < -0.3 is 19.9 Å². The number of nitrogens with zero attached hydrogens (tertiary/aromatic N) is 2. The van der Waals surface area contributed by atoms with Crippen LogP contribution >= 0.6 is 12.2 Å². The number of para-hydroxylation sites is 1. The Bertz CT molecular complexity index is 775. The predicted molar refractivity (Wildman–Crippen MR) is 117 cm³/mol. The summed E-state index contributed by atoms with van der Waals surface area (Å²) in [5, 5.41) is 5.92. The fourth-order valence-electron chi connectivity index (χ4n) is 3.07. The van der Waals surface area contributed by atoms with E-state index < -0.39 is 0 Å². The van der Waals surface area contributed by atoms with Crippen molar-refractivity contribution in [2.75, 3.05) is 49.5 Å². The summed E-state index contributed by atoms with van der Waals surface area (Å²) in [5.74, 6) is 0.346. The topological polar surface area (TPSA) is 56.8 Å². The number of thiocarbonyl (C=S) groups is 1. The van der Waals surface area contributed by atoms with Gasteiger partial charge in [0.15, 0.2) is 11.7 Å². The number of rotatable bonds is 6. The molecule has 0 atom stereocenters. The van der Waals surface area contributed by atoms with E-state index in [0.29, 0.717) is 5.75 Å². The molecule has 1 amide bonds. The summed E-state index contributed by atoms with van der Waals surface area (Å²) in [4.78, 5) is 16.8. The molecule has 0 saturated carbocycles. The van der Waals surface area contributed by atoms with E-state index in [1.54, 1.807) is 12.1 Å². The molecule has 2 aromatic carbocycles. The third-order valence-corrected chi connectivity index (χ3v) is 4.88. The van der Waals surface area contributed by atoms with E-state index in [2.05, 4.69) is 39.5 Å². The molecular weight excluding hydrogens is 372 g/mol. The molecular formula is C21H26N4O2S. The molecule has 0 aliphatic carbocycles. The van der Waals surface area contributed by atoms with Gasteiger partial charge in [-0.3, -0.25) is 10.1 Å². The maximum absolute atomic E-state index is 12.0. The second-order valence-electron chi connectivity index (χ2n) is 6.57. The fraction of sp³-hybridized carbons (Fsp3) is 0.333. The van der Waals surface area contributed by atoms with Crippen molar-refractivity contribution in [2.24, 2.45) is 0 Å². The van der Waals surface area contributed by atoms with Crippen molar-refractivity contribution in [3.63, 3.8) is 0 Å². The molecule has 0 unspecified atom stereocenters. The largest absolute Gasteiger partial charge is 0.484 e. The van der Waals surface area contributed by atoms with Crippen LogP contribution in [0.3, 0.4) is 0 Å². The fourth-order valence-corrected chi connectivity index (χ4v) is 3.30. The summed E-state index contributed by atoms with van der Waals surface area (Å²) in [6.45, 7) is 7.48. The van der Waals surface area contributed by atoms with E-state index in [4.69, 9.17) is 17.0 Å². The van der Waals surface area contributed by atoms with Crippen LogP contribution in [0, 0.1) is 0 Å². The Morgan fingerprint density at radius 1 is 1.04 bits per heavy atom. The van der Waals surface area contributed by atoms with Crippen molar-refractivity contribution in [2.45, 2.75) is 6.92 Å². The molecule has 0 bridgehead atoms. The van der Waals surface area contributed by atoms with Crippen LogP contribution in [0.4, 0.5) is 11.4 Å². The van der Waals surface area contributed by atoms with Gasteiger partial charge in [0.2, 0.25) is 0 Å². The number of hydrogen-bond acceptors (Lipinski definition) is 5. The average Bonchev–Trinajstić information content (AvgIpc) is 2.73. The molecule has 2 N–H and O–H groups in total. The first kappa shape index (κ1) is 20.1. The van der Waals surface area contributed by atoms with Crippen LogP contribution in [-0.4, -0.2) is 55.3 Å². The summed E-state index contributed by atoms with van der Waals surface area (Å²) in [7, 11) is 0. The molecule has 0 spiro atoms. The second kappa shape index (κ2) is 10.1. The second-order valence-corrected chi connectivity index (χ2v) is 6.98. The van der Waals surface area contributed by atoms with E-state index in [1.165, 1.54) is 5.69 Å². The van der Waals surface area contributed by atoms with E-state index in [-0.39, 0.29) is 17.6 Å². The molecule has 1 saturated heterocycles. The lowest BCUT2D eigenvalue weighted by Crippen LogP contribution is -2.46. The highest BCUT2D eigenvalue weighted by atomic mass is 32.1. The van der Waals surface area contributed by atoms with Crippen molar-refractivity contribution in [1.82, 2.24) is 10.2 Å². The van der Waals surface area contributed by atoms with Gasteiger partial charge in [0, 0.05) is 37.6 Å². The van der Waals surface area contributed by atoms with Gasteiger partial charge >= 0.3 is 0 Å². The number of ether oxygens (including phenoxy) is 1. The number of carbonyl (C=O) groups excluding carboxylic acids is 1. The SMILES string of the molecule is CCN1CCN(c2ccc(NC(=S)NC(=O)COc3ccccc3)cc2)CC1. The normalized spacial score (nSPS) is 14.4. The Kier molecular flexibility index (Phi) is 7.22. The lowest BCUT2D eigenvalue weighted by molar-refractivity contribution is -0.121. The lowest BCUT2D eigenvalue weighted by Gasteiger charge is -2.35. The number of hydrogen-bond donors (Lipinski definition) is 2. The molecule has 1 aliphatic heterocycles. The summed E-state index contributed by atoms with van der Waals surface area (Å²) in [6.07, 6.45) is 0. The third-order valence-electron chi connectivity index (χ3n) is 4.68. The zero-order chi connectivity index (χ0) is 19.8. The van der Waals surface area contributed by atoms with Crippen LogP contribution in [0.2, 0.25) is 0 Å². The van der Waals surface area contributed by atoms with Gasteiger partial charge in [-0.1, -0.05) is 25.1 Å². The average molecular weight is 399 g/mol. The highest BCUT2D eigenvalue weighted by Crippen LogP contribution is 2.19. The van der Waals surface area contributed by atoms with Crippen LogP contribution in [0.25, 0.3) is 0 Å². The Morgan fingerprint density at radius 2 is 1.71 bits per heavy atom. The Hall–Kier alpha value is -2.64. The van der Waals surface area contributed by atoms with Gasteiger partial charge in [0.1, 0.15) is 5.75 Å². The minimum atomic E-state index is -0.299. The molecule has 1 heterocycles. The molecule has 1 fully saturated rings. The zero-order valence-corrected chi connectivity index (χ0v) is 16.9. The van der Waals surface area contributed by atoms with Gasteiger partial charge in [-0.15, -0.1) is 0 Å². The first-order valence-electron chi connectivity index (χ1n) is 9.50. The van der Waals surface area contributed by atoms with Crippen molar-refractivity contribution in [3.8, 4) is 5.75 Å². The van der Waals surface area contributed by atoms with Gasteiger partial charge in [-0.05, 0) is 55.2 Å². The minimum absolute atomic E-state index is 0.0888. The van der Waals surface area contributed by atoms with Gasteiger partial charge in [0.25, 0.3) is 5.91 Å². The summed E-state index contributed by atoms with van der Waals surface area (Å²) < 4.78 is 5.41. The highest BCUT2D eigenvalue weighted by molar-refractivity contribution is 7.80. The quantitative estimate of drug-likeness (QED) is 0.730. The number of likely N-dealkylation sites (N-methyl/N-ethyl adjacent to an activating group) is 1. The molecule has 6 nitrogen and oxygen atoms in total. The van der Waals surface area contributed by atoms with Crippen molar-refractivity contribution < 1.29 is 9.53 Å². The maximum Gasteiger partial charge on any atom is 0.264 e. The van der Waals surface area contributed by atoms with E-state index >= 15 is 0 Å². The van der Waals surface area contributed by atoms with Crippen LogP contribution in [0.1, 0.15) is 6.92 Å². The van der Waals surface area contributed by atoms with Crippen LogP contribution in [0.5, 0.6) is 5.75 Å².